The van der Waals surface area contributed by atoms with Crippen LogP contribution in [0.2, 0.25) is 5.02 Å². The van der Waals surface area contributed by atoms with Crippen LogP contribution < -0.4 is 16.0 Å². The van der Waals surface area contributed by atoms with Crippen LogP contribution in [0.5, 0.6) is 0 Å². The van der Waals surface area contributed by atoms with Crippen molar-refractivity contribution < 1.29 is 38.6 Å². The number of carbonyl (C=O) groups is 6. The van der Waals surface area contributed by atoms with E-state index in [4.69, 9.17) is 16.7 Å². The zero-order valence-electron chi connectivity index (χ0n) is 21.0. The van der Waals surface area contributed by atoms with Crippen LogP contribution in [0, 0.1) is 5.41 Å². The molecule has 0 aromatic heterocycles. The second kappa shape index (κ2) is 12.5. The zero-order chi connectivity index (χ0) is 27.9. The minimum absolute atomic E-state index is 0.0308. The van der Waals surface area contributed by atoms with Crippen molar-refractivity contribution in [3.63, 3.8) is 0 Å². The molecule has 0 aliphatic carbocycles. The first-order valence-electron chi connectivity index (χ1n) is 11.5. The highest BCUT2D eigenvalue weighted by Crippen LogP contribution is 2.27. The van der Waals surface area contributed by atoms with Crippen LogP contribution in [0.1, 0.15) is 50.4 Å². The van der Waals surface area contributed by atoms with E-state index in [9.17, 15) is 28.8 Å². The van der Waals surface area contributed by atoms with Crippen molar-refractivity contribution in [3.8, 4) is 0 Å². The predicted molar refractivity (Wildman–Crippen MR) is 133 cm³/mol. The number of nitrogens with zero attached hydrogens (tertiary/aromatic N) is 1. The number of halogens is 1. The Kier molecular flexibility index (Phi) is 10.0. The standard InChI is InChI=1S/C24H31ClN4O8/c1-24(2,3)19(28-20(33)15-8-7-13(10-16(15)25)27-23(36)37-4)22(35)29-9-5-6-17(29)21(34)26-14(12-30)11-18(31)32/h7-8,10,12,14,17,19H,5-6,9,11H2,1-4H3,(H,26,34)(H,27,36)(H,28,33)(H,31,32)/t14-,17-,19+/m0/s1. The van der Waals surface area contributed by atoms with Gasteiger partial charge in [-0.2, -0.15) is 0 Å². The van der Waals surface area contributed by atoms with E-state index in [1.807, 2.05) is 0 Å². The Labute approximate surface area is 219 Å². The third-order valence-corrected chi connectivity index (χ3v) is 6.07. The van der Waals surface area contributed by atoms with Gasteiger partial charge in [-0.1, -0.05) is 32.4 Å². The van der Waals surface area contributed by atoms with Gasteiger partial charge in [0.05, 0.1) is 30.2 Å². The number of nitrogens with one attached hydrogen (secondary N) is 3. The quantitative estimate of drug-likeness (QED) is 0.345. The first-order valence-corrected chi connectivity index (χ1v) is 11.9. The van der Waals surface area contributed by atoms with E-state index in [0.717, 1.165) is 0 Å². The molecule has 1 aliphatic heterocycles. The molecule has 0 unspecified atom stereocenters. The number of carboxylic acids is 1. The molecule has 1 saturated heterocycles. The van der Waals surface area contributed by atoms with Crippen LogP contribution >= 0.6 is 11.6 Å². The highest BCUT2D eigenvalue weighted by atomic mass is 35.5. The van der Waals surface area contributed by atoms with Gasteiger partial charge in [0.1, 0.15) is 18.4 Å². The molecule has 37 heavy (non-hydrogen) atoms. The number of hydrogen-bond acceptors (Lipinski definition) is 7. The average Bonchev–Trinajstić information content (AvgIpc) is 3.30. The third kappa shape index (κ3) is 7.91. The minimum Gasteiger partial charge on any atom is -0.481 e. The van der Waals surface area contributed by atoms with Gasteiger partial charge in [-0.05, 0) is 36.5 Å². The molecule has 12 nitrogen and oxygen atoms in total. The molecule has 1 aromatic rings. The lowest BCUT2D eigenvalue weighted by Crippen LogP contribution is -2.58. The molecule has 1 heterocycles. The van der Waals surface area contributed by atoms with Gasteiger partial charge >= 0.3 is 12.1 Å². The summed E-state index contributed by atoms with van der Waals surface area (Å²) in [4.78, 5) is 74.3. The Balaban J connectivity index is 2.21. The number of amides is 4. The molecule has 13 heteroatoms. The second-order valence-corrected chi connectivity index (χ2v) is 10.0. The highest BCUT2D eigenvalue weighted by Gasteiger charge is 2.42. The molecular formula is C24H31ClN4O8. The number of methoxy groups -OCH3 is 1. The molecule has 0 spiro atoms. The maximum atomic E-state index is 13.6. The minimum atomic E-state index is -1.25. The number of benzene rings is 1. The lowest BCUT2D eigenvalue weighted by atomic mass is 9.85. The van der Waals surface area contributed by atoms with Gasteiger partial charge < -0.3 is 30.2 Å². The van der Waals surface area contributed by atoms with Crippen LogP contribution in [0.15, 0.2) is 18.2 Å². The lowest BCUT2D eigenvalue weighted by Gasteiger charge is -2.35. The maximum Gasteiger partial charge on any atom is 0.411 e. The number of hydrogen-bond donors (Lipinski definition) is 4. The fraction of sp³-hybridized carbons (Fsp3) is 0.500. The van der Waals surface area contributed by atoms with E-state index in [2.05, 4.69) is 20.7 Å². The number of likely N-dealkylation sites (tertiary alicyclic amines) is 1. The van der Waals surface area contributed by atoms with Crippen LogP contribution in [0.4, 0.5) is 10.5 Å². The summed E-state index contributed by atoms with van der Waals surface area (Å²) in [6, 6.07) is 1.02. The van der Waals surface area contributed by atoms with E-state index >= 15 is 0 Å². The maximum absolute atomic E-state index is 13.6. The largest absolute Gasteiger partial charge is 0.481 e. The molecule has 0 radical (unpaired) electrons. The molecule has 1 aromatic carbocycles. The van der Waals surface area contributed by atoms with Gasteiger partial charge in [-0.25, -0.2) is 4.79 Å². The zero-order valence-corrected chi connectivity index (χ0v) is 21.8. The molecule has 4 amide bonds. The Bertz CT molecular complexity index is 1070. The molecule has 4 N–H and O–H groups in total. The van der Waals surface area contributed by atoms with Gasteiger partial charge in [0.2, 0.25) is 11.8 Å². The molecule has 0 saturated carbocycles. The summed E-state index contributed by atoms with van der Waals surface area (Å²) in [6.07, 6.45) is -0.119. The Hall–Kier alpha value is -3.67. The van der Waals surface area contributed by atoms with Crippen LogP contribution in [0.3, 0.4) is 0 Å². The summed E-state index contributed by atoms with van der Waals surface area (Å²) < 4.78 is 4.52. The summed E-state index contributed by atoms with van der Waals surface area (Å²) in [5.74, 6) is -3.02. The number of carboxylic acid groups (broad SMARTS) is 1. The lowest BCUT2D eigenvalue weighted by molar-refractivity contribution is -0.143. The Morgan fingerprint density at radius 1 is 1.22 bits per heavy atom. The molecular weight excluding hydrogens is 508 g/mol. The van der Waals surface area contributed by atoms with Gasteiger partial charge in [-0.3, -0.25) is 24.5 Å². The topological polar surface area (TPSA) is 171 Å². The summed E-state index contributed by atoms with van der Waals surface area (Å²) in [5, 5.41) is 16.5. The van der Waals surface area contributed by atoms with Crippen LogP contribution in [-0.4, -0.2) is 77.9 Å². The Morgan fingerprint density at radius 3 is 2.43 bits per heavy atom. The SMILES string of the molecule is COC(=O)Nc1ccc(C(=O)N[C@H](C(=O)N2CCC[C@H]2C(=O)N[C@H](C=O)CC(=O)O)C(C)(C)C)c(Cl)c1. The molecule has 0 bridgehead atoms. The first kappa shape index (κ1) is 29.6. The summed E-state index contributed by atoms with van der Waals surface area (Å²) in [6.45, 7) is 5.50. The normalized spacial score (nSPS) is 16.8. The van der Waals surface area contributed by atoms with Crippen molar-refractivity contribution in [2.24, 2.45) is 5.41 Å². The van der Waals surface area contributed by atoms with Crippen molar-refractivity contribution in [3.05, 3.63) is 28.8 Å². The fourth-order valence-corrected chi connectivity index (χ4v) is 4.14. The van der Waals surface area contributed by atoms with Gasteiger partial charge in [0, 0.05) is 12.2 Å². The van der Waals surface area contributed by atoms with E-state index in [1.54, 1.807) is 20.8 Å². The molecule has 3 atom stereocenters. The van der Waals surface area contributed by atoms with E-state index in [-0.39, 0.29) is 17.1 Å². The smallest absolute Gasteiger partial charge is 0.411 e. The summed E-state index contributed by atoms with van der Waals surface area (Å²) in [5.41, 5.74) is -0.388. The number of rotatable bonds is 9. The molecule has 1 aliphatic rings. The van der Waals surface area contributed by atoms with Crippen molar-refractivity contribution in [2.45, 2.75) is 58.2 Å². The number of carbonyl (C=O) groups excluding carboxylic acids is 5. The Morgan fingerprint density at radius 2 is 1.89 bits per heavy atom. The van der Waals surface area contributed by atoms with E-state index in [1.165, 1.54) is 30.2 Å². The molecule has 2 rings (SSSR count). The predicted octanol–water partition coefficient (Wildman–Crippen LogP) is 1.81. The van der Waals surface area contributed by atoms with Crippen LogP contribution in [-0.2, 0) is 23.9 Å². The van der Waals surface area contributed by atoms with Crippen LogP contribution in [0.25, 0.3) is 0 Å². The first-order chi connectivity index (χ1) is 17.3. The van der Waals surface area contributed by atoms with E-state index < -0.39 is 59.7 Å². The highest BCUT2D eigenvalue weighted by molar-refractivity contribution is 6.34. The second-order valence-electron chi connectivity index (χ2n) is 9.62. The third-order valence-electron chi connectivity index (χ3n) is 5.76. The van der Waals surface area contributed by atoms with Crippen molar-refractivity contribution >= 4 is 53.4 Å². The molecule has 202 valence electrons. The van der Waals surface area contributed by atoms with Crippen molar-refractivity contribution in [1.29, 1.82) is 0 Å². The number of aldehydes is 1. The van der Waals surface area contributed by atoms with E-state index in [0.29, 0.717) is 24.8 Å². The fourth-order valence-electron chi connectivity index (χ4n) is 3.87. The number of anilines is 1. The monoisotopic (exact) mass is 538 g/mol. The summed E-state index contributed by atoms with van der Waals surface area (Å²) in [7, 11) is 1.20. The van der Waals surface area contributed by atoms with Gasteiger partial charge in [-0.15, -0.1) is 0 Å². The average molecular weight is 539 g/mol. The molecule has 1 fully saturated rings. The van der Waals surface area contributed by atoms with Crippen molar-refractivity contribution in [1.82, 2.24) is 15.5 Å². The van der Waals surface area contributed by atoms with Gasteiger partial charge in [0.25, 0.3) is 5.91 Å². The number of ether oxygens (including phenoxy) is 1. The summed E-state index contributed by atoms with van der Waals surface area (Å²) >= 11 is 6.25. The van der Waals surface area contributed by atoms with Crippen molar-refractivity contribution in [2.75, 3.05) is 19.0 Å². The number of aliphatic carboxylic acids is 1. The van der Waals surface area contributed by atoms with Gasteiger partial charge in [0.15, 0.2) is 0 Å².